The molecule has 0 radical (unpaired) electrons. The predicted octanol–water partition coefficient (Wildman–Crippen LogP) is 1.84. The van der Waals surface area contributed by atoms with Gasteiger partial charge in [-0.2, -0.15) is 0 Å². The highest BCUT2D eigenvalue weighted by molar-refractivity contribution is 5.85. The van der Waals surface area contributed by atoms with Crippen molar-refractivity contribution in [3.05, 3.63) is 0 Å². The van der Waals surface area contributed by atoms with Crippen molar-refractivity contribution in [2.75, 3.05) is 0 Å². The molecule has 3 N–H and O–H groups in total. The second-order valence-electron chi connectivity index (χ2n) is 5.10. The Morgan fingerprint density at radius 1 is 1.31 bits per heavy atom. The Hall–Kier alpha value is -0.280. The lowest BCUT2D eigenvalue weighted by atomic mass is 10.1. The molecular weight excluding hydrogens is 224 g/mol. The smallest absolute Gasteiger partial charge is 0.237 e. The normalized spacial score (nSPS) is 21.4. The number of carbonyl (C=O) groups is 1. The lowest BCUT2D eigenvalue weighted by Crippen LogP contribution is -2.47. The Balaban J connectivity index is 0.00000128. The third-order valence-corrected chi connectivity index (χ3v) is 3.51. The summed E-state index contributed by atoms with van der Waals surface area (Å²) in [5, 5.41) is 3.16. The largest absolute Gasteiger partial charge is 0.351 e. The number of hydrogen-bond acceptors (Lipinski definition) is 2. The van der Waals surface area contributed by atoms with Crippen molar-refractivity contribution >= 4 is 18.3 Å². The Kier molecular flexibility index (Phi) is 5.06. The molecule has 0 aliphatic heterocycles. The molecule has 0 bridgehead atoms. The summed E-state index contributed by atoms with van der Waals surface area (Å²) in [5.41, 5.74) is 5.81. The van der Waals surface area contributed by atoms with Crippen LogP contribution in [0.5, 0.6) is 0 Å². The first-order chi connectivity index (χ1) is 7.22. The summed E-state index contributed by atoms with van der Waals surface area (Å²) < 4.78 is 0. The predicted molar refractivity (Wildman–Crippen MR) is 67.5 cm³/mol. The maximum absolute atomic E-state index is 11.8. The van der Waals surface area contributed by atoms with Gasteiger partial charge in [-0.3, -0.25) is 4.79 Å². The summed E-state index contributed by atoms with van der Waals surface area (Å²) in [6.07, 6.45) is 6.96. The van der Waals surface area contributed by atoms with E-state index in [1.807, 2.05) is 0 Å². The van der Waals surface area contributed by atoms with Crippen LogP contribution in [0.1, 0.15) is 45.4 Å². The minimum atomic E-state index is -0.296. The van der Waals surface area contributed by atoms with Gasteiger partial charge in [0.25, 0.3) is 0 Å². The van der Waals surface area contributed by atoms with Gasteiger partial charge in [-0.05, 0) is 43.9 Å². The highest BCUT2D eigenvalue weighted by Gasteiger charge is 2.42. The summed E-state index contributed by atoms with van der Waals surface area (Å²) in [5.74, 6) is 1.59. The molecule has 0 heterocycles. The zero-order valence-electron chi connectivity index (χ0n) is 9.95. The molecule has 0 saturated heterocycles. The van der Waals surface area contributed by atoms with Crippen LogP contribution in [0.4, 0.5) is 0 Å². The van der Waals surface area contributed by atoms with Crippen LogP contribution >= 0.6 is 12.4 Å². The van der Waals surface area contributed by atoms with E-state index in [0.29, 0.717) is 6.04 Å². The van der Waals surface area contributed by atoms with E-state index >= 15 is 0 Å². The molecule has 0 aromatic rings. The fourth-order valence-electron chi connectivity index (χ4n) is 2.24. The molecule has 2 saturated carbocycles. The quantitative estimate of drug-likeness (QED) is 0.752. The van der Waals surface area contributed by atoms with Gasteiger partial charge < -0.3 is 11.1 Å². The van der Waals surface area contributed by atoms with E-state index in [-0.39, 0.29) is 24.4 Å². The monoisotopic (exact) mass is 246 g/mol. The van der Waals surface area contributed by atoms with Gasteiger partial charge in [0.15, 0.2) is 0 Å². The maximum Gasteiger partial charge on any atom is 0.237 e. The average Bonchev–Trinajstić information content (AvgIpc) is 3.03. The van der Waals surface area contributed by atoms with Gasteiger partial charge in [-0.15, -0.1) is 12.4 Å². The number of carbonyl (C=O) groups excluding carboxylic acids is 1. The molecule has 2 rings (SSSR count). The molecule has 3 nitrogen and oxygen atoms in total. The van der Waals surface area contributed by atoms with Crippen molar-refractivity contribution in [2.24, 2.45) is 17.6 Å². The van der Waals surface area contributed by atoms with Crippen molar-refractivity contribution in [2.45, 2.75) is 57.5 Å². The molecule has 2 fully saturated rings. The zero-order chi connectivity index (χ0) is 10.8. The summed E-state index contributed by atoms with van der Waals surface area (Å²) >= 11 is 0. The van der Waals surface area contributed by atoms with Crippen molar-refractivity contribution in [1.29, 1.82) is 0 Å². The highest BCUT2D eigenvalue weighted by Crippen LogP contribution is 2.44. The standard InChI is InChI=1S/C12H22N2O.ClH/c1-2-3-10(13)12(15)14-11(8-4-5-8)9-6-7-9;/h8-11H,2-7,13H2,1H3,(H,14,15);1H. The van der Waals surface area contributed by atoms with Gasteiger partial charge in [0, 0.05) is 6.04 Å². The van der Waals surface area contributed by atoms with Crippen molar-refractivity contribution in [3.8, 4) is 0 Å². The van der Waals surface area contributed by atoms with Crippen molar-refractivity contribution in [3.63, 3.8) is 0 Å². The number of nitrogens with two attached hydrogens (primary N) is 1. The maximum atomic E-state index is 11.8. The van der Waals surface area contributed by atoms with Crippen LogP contribution in [0, 0.1) is 11.8 Å². The van der Waals surface area contributed by atoms with E-state index in [1.54, 1.807) is 0 Å². The fraction of sp³-hybridized carbons (Fsp3) is 0.917. The SMILES string of the molecule is CCCC(N)C(=O)NC(C1CC1)C1CC1.Cl. The fourth-order valence-corrected chi connectivity index (χ4v) is 2.24. The van der Waals surface area contributed by atoms with Gasteiger partial charge in [0.2, 0.25) is 5.91 Å². The minimum absolute atomic E-state index is 0. The summed E-state index contributed by atoms with van der Waals surface area (Å²) in [7, 11) is 0. The van der Waals surface area contributed by atoms with E-state index in [4.69, 9.17) is 5.73 Å². The van der Waals surface area contributed by atoms with E-state index < -0.39 is 0 Å². The second-order valence-corrected chi connectivity index (χ2v) is 5.10. The molecule has 2 aliphatic carbocycles. The molecule has 2 aliphatic rings. The molecule has 1 amide bonds. The molecule has 1 atom stereocenters. The zero-order valence-corrected chi connectivity index (χ0v) is 10.8. The van der Waals surface area contributed by atoms with Crippen LogP contribution < -0.4 is 11.1 Å². The molecule has 16 heavy (non-hydrogen) atoms. The number of amides is 1. The third-order valence-electron chi connectivity index (χ3n) is 3.51. The first-order valence-electron chi connectivity index (χ1n) is 6.28. The molecule has 0 aromatic carbocycles. The van der Waals surface area contributed by atoms with Gasteiger partial charge in [-0.1, -0.05) is 13.3 Å². The van der Waals surface area contributed by atoms with Crippen molar-refractivity contribution in [1.82, 2.24) is 5.32 Å². The average molecular weight is 247 g/mol. The van der Waals surface area contributed by atoms with E-state index in [0.717, 1.165) is 24.7 Å². The number of halogens is 1. The first kappa shape index (κ1) is 13.8. The van der Waals surface area contributed by atoms with Crippen LogP contribution in [0.25, 0.3) is 0 Å². The van der Waals surface area contributed by atoms with Crippen LogP contribution in [0.2, 0.25) is 0 Å². The van der Waals surface area contributed by atoms with E-state index in [2.05, 4.69) is 12.2 Å². The van der Waals surface area contributed by atoms with Crippen LogP contribution in [-0.4, -0.2) is 18.0 Å². The Bertz CT molecular complexity index is 227. The number of hydrogen-bond donors (Lipinski definition) is 2. The molecule has 0 aromatic heterocycles. The van der Waals surface area contributed by atoms with Gasteiger partial charge in [0.1, 0.15) is 0 Å². The van der Waals surface area contributed by atoms with Crippen molar-refractivity contribution < 1.29 is 4.79 Å². The van der Waals surface area contributed by atoms with Gasteiger partial charge in [-0.25, -0.2) is 0 Å². The number of nitrogens with one attached hydrogen (secondary N) is 1. The van der Waals surface area contributed by atoms with Gasteiger partial charge >= 0.3 is 0 Å². The topological polar surface area (TPSA) is 55.1 Å². The van der Waals surface area contributed by atoms with Crippen LogP contribution in [0.15, 0.2) is 0 Å². The molecular formula is C12H23ClN2O. The highest BCUT2D eigenvalue weighted by atomic mass is 35.5. The van der Waals surface area contributed by atoms with Gasteiger partial charge in [0.05, 0.1) is 6.04 Å². The summed E-state index contributed by atoms with van der Waals surface area (Å²) in [6.45, 7) is 2.06. The Morgan fingerprint density at radius 3 is 2.19 bits per heavy atom. The lowest BCUT2D eigenvalue weighted by Gasteiger charge is -2.20. The molecule has 94 valence electrons. The molecule has 1 unspecified atom stereocenters. The first-order valence-corrected chi connectivity index (χ1v) is 6.28. The Labute approximate surface area is 104 Å². The summed E-state index contributed by atoms with van der Waals surface area (Å²) in [4.78, 5) is 11.8. The molecule has 0 spiro atoms. The van der Waals surface area contributed by atoms with Crippen LogP contribution in [0.3, 0.4) is 0 Å². The minimum Gasteiger partial charge on any atom is -0.351 e. The molecule has 4 heteroatoms. The van der Waals surface area contributed by atoms with E-state index in [9.17, 15) is 4.79 Å². The second kappa shape index (κ2) is 5.87. The Morgan fingerprint density at radius 2 is 1.81 bits per heavy atom. The third kappa shape index (κ3) is 3.63. The van der Waals surface area contributed by atoms with E-state index in [1.165, 1.54) is 25.7 Å². The van der Waals surface area contributed by atoms with Crippen LogP contribution in [-0.2, 0) is 4.79 Å². The number of rotatable bonds is 6. The summed E-state index contributed by atoms with van der Waals surface area (Å²) in [6, 6.07) is 0.149. The lowest BCUT2D eigenvalue weighted by molar-refractivity contribution is -0.123.